The summed E-state index contributed by atoms with van der Waals surface area (Å²) >= 11 is 12.2. The van der Waals surface area contributed by atoms with Gasteiger partial charge in [-0.15, -0.1) is 0 Å². The van der Waals surface area contributed by atoms with Crippen LogP contribution in [0.15, 0.2) is 12.1 Å². The highest BCUT2D eigenvalue weighted by molar-refractivity contribution is 6.34. The van der Waals surface area contributed by atoms with Gasteiger partial charge in [0, 0.05) is 17.1 Å². The summed E-state index contributed by atoms with van der Waals surface area (Å²) in [5, 5.41) is 4.79. The molecule has 1 aliphatic carbocycles. The highest BCUT2D eigenvalue weighted by Gasteiger charge is 2.19. The lowest BCUT2D eigenvalue weighted by molar-refractivity contribution is 0.415. The molecule has 0 spiro atoms. The summed E-state index contributed by atoms with van der Waals surface area (Å²) in [6.45, 7) is 0.951. The lowest BCUT2D eigenvalue weighted by Crippen LogP contribution is -2.19. The van der Waals surface area contributed by atoms with E-state index in [0.717, 1.165) is 29.6 Å². The van der Waals surface area contributed by atoms with Gasteiger partial charge >= 0.3 is 0 Å². The van der Waals surface area contributed by atoms with E-state index in [1.54, 1.807) is 13.2 Å². The van der Waals surface area contributed by atoms with Crippen LogP contribution in [0.25, 0.3) is 0 Å². The zero-order valence-electron chi connectivity index (χ0n) is 9.22. The molecule has 0 aliphatic heterocycles. The number of nitrogens with one attached hydrogen (secondary N) is 1. The number of halogens is 2. The highest BCUT2D eigenvalue weighted by Crippen LogP contribution is 2.31. The quantitative estimate of drug-likeness (QED) is 0.877. The van der Waals surface area contributed by atoms with Crippen LogP contribution < -0.4 is 10.1 Å². The Morgan fingerprint density at radius 2 is 2.06 bits per heavy atom. The molecule has 1 saturated carbocycles. The lowest BCUT2D eigenvalue weighted by atomic mass is 10.1. The molecule has 1 fully saturated rings. The standard InChI is InChI=1S/C12H15Cl2NO/c1-16-12-7-10(13)8(6-11(12)14)4-5-15-9-2-3-9/h6-7,9,15H,2-5H2,1H3. The largest absolute Gasteiger partial charge is 0.495 e. The van der Waals surface area contributed by atoms with Crippen LogP contribution >= 0.6 is 23.2 Å². The molecule has 0 saturated heterocycles. The first-order valence-corrected chi connectivity index (χ1v) is 6.21. The lowest BCUT2D eigenvalue weighted by Gasteiger charge is -2.09. The molecule has 2 nitrogen and oxygen atoms in total. The van der Waals surface area contributed by atoms with Crippen molar-refractivity contribution in [1.82, 2.24) is 5.32 Å². The van der Waals surface area contributed by atoms with E-state index in [1.165, 1.54) is 12.8 Å². The Labute approximate surface area is 106 Å². The summed E-state index contributed by atoms with van der Waals surface area (Å²) in [5.74, 6) is 0.630. The van der Waals surface area contributed by atoms with Crippen molar-refractivity contribution in [2.45, 2.75) is 25.3 Å². The summed E-state index contributed by atoms with van der Waals surface area (Å²) < 4.78 is 5.10. The molecule has 1 aromatic rings. The molecule has 0 amide bonds. The third-order valence-corrected chi connectivity index (χ3v) is 3.37. The summed E-state index contributed by atoms with van der Waals surface area (Å²) in [5.41, 5.74) is 1.07. The van der Waals surface area contributed by atoms with Crippen molar-refractivity contribution >= 4 is 23.2 Å². The number of rotatable bonds is 5. The third kappa shape index (κ3) is 3.03. The average molecular weight is 260 g/mol. The van der Waals surface area contributed by atoms with Crippen LogP contribution in [0.4, 0.5) is 0 Å². The zero-order chi connectivity index (χ0) is 11.5. The van der Waals surface area contributed by atoms with Gasteiger partial charge < -0.3 is 10.1 Å². The Balaban J connectivity index is 1.98. The van der Waals surface area contributed by atoms with Gasteiger partial charge in [0.15, 0.2) is 0 Å². The first kappa shape index (κ1) is 12.0. The van der Waals surface area contributed by atoms with Gasteiger partial charge in [-0.2, -0.15) is 0 Å². The number of benzene rings is 1. The van der Waals surface area contributed by atoms with Gasteiger partial charge in [0.1, 0.15) is 5.75 Å². The van der Waals surface area contributed by atoms with Crippen molar-refractivity contribution in [2.24, 2.45) is 0 Å². The Hall–Kier alpha value is -0.440. The van der Waals surface area contributed by atoms with Crippen LogP contribution in [0.3, 0.4) is 0 Å². The van der Waals surface area contributed by atoms with Crippen LogP contribution in [0, 0.1) is 0 Å². The van der Waals surface area contributed by atoms with Crippen LogP contribution in [-0.2, 0) is 6.42 Å². The smallest absolute Gasteiger partial charge is 0.138 e. The van der Waals surface area contributed by atoms with E-state index in [1.807, 2.05) is 6.07 Å². The minimum Gasteiger partial charge on any atom is -0.495 e. The second kappa shape index (κ2) is 5.26. The minimum atomic E-state index is 0.619. The van der Waals surface area contributed by atoms with Gasteiger partial charge in [0.25, 0.3) is 0 Å². The SMILES string of the molecule is COc1cc(Cl)c(CCNC2CC2)cc1Cl. The molecule has 1 N–H and O–H groups in total. The van der Waals surface area contributed by atoms with Gasteiger partial charge in [0.2, 0.25) is 0 Å². The van der Waals surface area contributed by atoms with Crippen LogP contribution in [0.2, 0.25) is 10.0 Å². The molecule has 1 aromatic carbocycles. The minimum absolute atomic E-state index is 0.619. The highest BCUT2D eigenvalue weighted by atomic mass is 35.5. The van der Waals surface area contributed by atoms with Crippen LogP contribution in [-0.4, -0.2) is 19.7 Å². The topological polar surface area (TPSA) is 21.3 Å². The molecule has 0 atom stereocenters. The van der Waals surface area contributed by atoms with E-state index in [-0.39, 0.29) is 0 Å². The maximum atomic E-state index is 6.14. The van der Waals surface area contributed by atoms with Crippen molar-refractivity contribution in [2.75, 3.05) is 13.7 Å². The molecular weight excluding hydrogens is 245 g/mol. The monoisotopic (exact) mass is 259 g/mol. The van der Waals surface area contributed by atoms with Gasteiger partial charge in [-0.3, -0.25) is 0 Å². The van der Waals surface area contributed by atoms with Gasteiger partial charge in [0.05, 0.1) is 12.1 Å². The summed E-state index contributed by atoms with van der Waals surface area (Å²) in [4.78, 5) is 0. The molecule has 1 aliphatic rings. The Morgan fingerprint density at radius 1 is 1.31 bits per heavy atom. The first-order chi connectivity index (χ1) is 7.70. The van der Waals surface area contributed by atoms with Crippen molar-refractivity contribution in [3.8, 4) is 5.75 Å². The summed E-state index contributed by atoms with van der Waals surface area (Å²) in [7, 11) is 1.59. The van der Waals surface area contributed by atoms with Gasteiger partial charge in [-0.25, -0.2) is 0 Å². The Kier molecular flexibility index (Phi) is 3.95. The van der Waals surface area contributed by atoms with E-state index in [0.29, 0.717) is 10.8 Å². The molecule has 4 heteroatoms. The predicted molar refractivity (Wildman–Crippen MR) is 67.7 cm³/mol. The van der Waals surface area contributed by atoms with E-state index in [2.05, 4.69) is 5.32 Å². The fraction of sp³-hybridized carbons (Fsp3) is 0.500. The fourth-order valence-electron chi connectivity index (χ4n) is 1.62. The molecule has 0 radical (unpaired) electrons. The summed E-state index contributed by atoms with van der Waals surface area (Å²) in [6, 6.07) is 4.39. The van der Waals surface area contributed by atoms with E-state index in [9.17, 15) is 0 Å². The zero-order valence-corrected chi connectivity index (χ0v) is 10.7. The van der Waals surface area contributed by atoms with E-state index < -0.39 is 0 Å². The van der Waals surface area contributed by atoms with Gasteiger partial charge in [-0.05, 0) is 37.4 Å². The predicted octanol–water partition coefficient (Wildman–Crippen LogP) is 3.30. The maximum absolute atomic E-state index is 6.14. The summed E-state index contributed by atoms with van der Waals surface area (Å²) in [6.07, 6.45) is 3.51. The van der Waals surface area contributed by atoms with Crippen molar-refractivity contribution in [1.29, 1.82) is 0 Å². The molecule has 88 valence electrons. The number of ether oxygens (including phenoxy) is 1. The Bertz CT molecular complexity index is 378. The molecule has 2 rings (SSSR count). The second-order valence-electron chi connectivity index (χ2n) is 4.06. The maximum Gasteiger partial charge on any atom is 0.138 e. The molecular formula is C12H15Cl2NO. The van der Waals surface area contributed by atoms with Crippen molar-refractivity contribution in [3.05, 3.63) is 27.7 Å². The average Bonchev–Trinajstić information content (AvgIpc) is 3.06. The number of hydrogen-bond acceptors (Lipinski definition) is 2. The van der Waals surface area contributed by atoms with Crippen molar-refractivity contribution < 1.29 is 4.74 Å². The van der Waals surface area contributed by atoms with Crippen molar-refractivity contribution in [3.63, 3.8) is 0 Å². The van der Waals surface area contributed by atoms with Crippen LogP contribution in [0.5, 0.6) is 5.75 Å². The molecule has 0 bridgehead atoms. The normalized spacial score (nSPS) is 15.2. The van der Waals surface area contributed by atoms with E-state index in [4.69, 9.17) is 27.9 Å². The third-order valence-electron chi connectivity index (χ3n) is 2.73. The second-order valence-corrected chi connectivity index (χ2v) is 4.87. The molecule has 0 aromatic heterocycles. The van der Waals surface area contributed by atoms with Crippen LogP contribution in [0.1, 0.15) is 18.4 Å². The fourth-order valence-corrected chi connectivity index (χ4v) is 2.13. The van der Waals surface area contributed by atoms with Gasteiger partial charge in [-0.1, -0.05) is 23.2 Å². The Morgan fingerprint density at radius 3 is 2.69 bits per heavy atom. The molecule has 16 heavy (non-hydrogen) atoms. The first-order valence-electron chi connectivity index (χ1n) is 5.46. The van der Waals surface area contributed by atoms with E-state index >= 15 is 0 Å². The number of methoxy groups -OCH3 is 1. The molecule has 0 heterocycles. The number of hydrogen-bond donors (Lipinski definition) is 1. The molecule has 0 unspecified atom stereocenters.